The molecule has 4 nitrogen and oxygen atoms in total. The predicted molar refractivity (Wildman–Crippen MR) is 58.1 cm³/mol. The van der Waals surface area contributed by atoms with E-state index in [1.165, 1.54) is 0 Å². The first-order valence-corrected chi connectivity index (χ1v) is 5.10. The molecule has 0 radical (unpaired) electrons. The second-order valence-electron chi connectivity index (χ2n) is 4.18. The standard InChI is InChI=1S/C9H14BrN3O/c1-9(2,3)12-8(14)6-5-11-13(4)7(6)10/h5H,1-4H3,(H,12,14). The van der Waals surface area contributed by atoms with Gasteiger partial charge in [-0.25, -0.2) is 0 Å². The maximum Gasteiger partial charge on any atom is 0.256 e. The van der Waals surface area contributed by atoms with Crippen LogP contribution in [0.25, 0.3) is 0 Å². The summed E-state index contributed by atoms with van der Waals surface area (Å²) >= 11 is 3.30. The zero-order valence-corrected chi connectivity index (χ0v) is 10.3. The van der Waals surface area contributed by atoms with Crippen LogP contribution in [-0.4, -0.2) is 21.2 Å². The smallest absolute Gasteiger partial charge is 0.256 e. The molecule has 14 heavy (non-hydrogen) atoms. The molecular weight excluding hydrogens is 246 g/mol. The monoisotopic (exact) mass is 259 g/mol. The topological polar surface area (TPSA) is 46.9 Å². The van der Waals surface area contributed by atoms with E-state index in [9.17, 15) is 4.79 Å². The maximum absolute atomic E-state index is 11.7. The van der Waals surface area contributed by atoms with Gasteiger partial charge in [0.05, 0.1) is 11.8 Å². The van der Waals surface area contributed by atoms with Crippen molar-refractivity contribution in [2.45, 2.75) is 26.3 Å². The average molecular weight is 260 g/mol. The van der Waals surface area contributed by atoms with Gasteiger partial charge in [0.15, 0.2) is 0 Å². The van der Waals surface area contributed by atoms with Crippen LogP contribution in [0.2, 0.25) is 0 Å². The molecule has 0 bridgehead atoms. The number of hydrogen-bond acceptors (Lipinski definition) is 2. The quantitative estimate of drug-likeness (QED) is 0.835. The fourth-order valence-electron chi connectivity index (χ4n) is 0.983. The Hall–Kier alpha value is -0.840. The van der Waals surface area contributed by atoms with E-state index < -0.39 is 0 Å². The Morgan fingerprint density at radius 1 is 1.57 bits per heavy atom. The Kier molecular flexibility index (Phi) is 2.99. The van der Waals surface area contributed by atoms with E-state index in [4.69, 9.17) is 0 Å². The summed E-state index contributed by atoms with van der Waals surface area (Å²) in [6.07, 6.45) is 1.55. The van der Waals surface area contributed by atoms with Gasteiger partial charge in [-0.15, -0.1) is 0 Å². The number of hydrogen-bond donors (Lipinski definition) is 1. The van der Waals surface area contributed by atoms with E-state index in [1.807, 2.05) is 20.8 Å². The van der Waals surface area contributed by atoms with Crippen LogP contribution in [0.15, 0.2) is 10.8 Å². The Bertz CT molecular complexity index is 351. The molecule has 0 spiro atoms. The largest absolute Gasteiger partial charge is 0.347 e. The lowest BCUT2D eigenvalue weighted by atomic mass is 10.1. The first kappa shape index (κ1) is 11.2. The third-order valence-electron chi connectivity index (χ3n) is 1.60. The van der Waals surface area contributed by atoms with Crippen LogP contribution in [0.1, 0.15) is 31.1 Å². The van der Waals surface area contributed by atoms with E-state index in [1.54, 1.807) is 17.9 Å². The highest BCUT2D eigenvalue weighted by Gasteiger charge is 2.19. The Balaban J connectivity index is 2.86. The molecule has 1 heterocycles. The van der Waals surface area contributed by atoms with Crippen LogP contribution in [0.3, 0.4) is 0 Å². The van der Waals surface area contributed by atoms with Crippen molar-refractivity contribution < 1.29 is 4.79 Å². The van der Waals surface area contributed by atoms with Crippen molar-refractivity contribution >= 4 is 21.8 Å². The van der Waals surface area contributed by atoms with E-state index in [0.29, 0.717) is 10.2 Å². The molecule has 1 rings (SSSR count). The number of carbonyl (C=O) groups excluding carboxylic acids is 1. The fraction of sp³-hybridized carbons (Fsp3) is 0.556. The minimum atomic E-state index is -0.230. The first-order valence-electron chi connectivity index (χ1n) is 4.31. The molecule has 0 atom stereocenters. The fourth-order valence-corrected chi connectivity index (χ4v) is 1.36. The number of halogens is 1. The zero-order valence-electron chi connectivity index (χ0n) is 8.76. The maximum atomic E-state index is 11.7. The molecule has 1 aromatic heterocycles. The van der Waals surface area contributed by atoms with Crippen molar-refractivity contribution in [2.75, 3.05) is 0 Å². The lowest BCUT2D eigenvalue weighted by Gasteiger charge is -2.19. The third-order valence-corrected chi connectivity index (χ3v) is 2.54. The first-order chi connectivity index (χ1) is 6.31. The lowest BCUT2D eigenvalue weighted by molar-refractivity contribution is 0.0918. The Morgan fingerprint density at radius 3 is 2.50 bits per heavy atom. The summed E-state index contributed by atoms with van der Waals surface area (Å²) in [4.78, 5) is 11.7. The van der Waals surface area contributed by atoms with Gasteiger partial charge in [-0.2, -0.15) is 5.10 Å². The molecule has 78 valence electrons. The van der Waals surface area contributed by atoms with Crippen molar-refractivity contribution in [3.63, 3.8) is 0 Å². The number of aromatic nitrogens is 2. The summed E-state index contributed by atoms with van der Waals surface area (Å²) in [5, 5.41) is 6.84. The van der Waals surface area contributed by atoms with Crippen LogP contribution in [0.5, 0.6) is 0 Å². The number of carbonyl (C=O) groups is 1. The predicted octanol–water partition coefficient (Wildman–Crippen LogP) is 1.71. The van der Waals surface area contributed by atoms with Gasteiger partial charge in [0.25, 0.3) is 5.91 Å². The van der Waals surface area contributed by atoms with Crippen LogP contribution in [-0.2, 0) is 7.05 Å². The van der Waals surface area contributed by atoms with Gasteiger partial charge >= 0.3 is 0 Å². The summed E-state index contributed by atoms with van der Waals surface area (Å²) < 4.78 is 2.30. The molecule has 0 aliphatic rings. The summed E-state index contributed by atoms with van der Waals surface area (Å²) in [7, 11) is 1.78. The van der Waals surface area contributed by atoms with Crippen molar-refractivity contribution in [2.24, 2.45) is 7.05 Å². The highest BCUT2D eigenvalue weighted by atomic mass is 79.9. The summed E-state index contributed by atoms with van der Waals surface area (Å²) in [5.41, 5.74) is 0.328. The van der Waals surface area contributed by atoms with Crippen LogP contribution in [0.4, 0.5) is 0 Å². The number of nitrogens with one attached hydrogen (secondary N) is 1. The molecule has 1 N–H and O–H groups in total. The Labute approximate surface area is 91.8 Å². The lowest BCUT2D eigenvalue weighted by Crippen LogP contribution is -2.40. The van der Waals surface area contributed by atoms with Crippen molar-refractivity contribution in [1.82, 2.24) is 15.1 Å². The highest BCUT2D eigenvalue weighted by molar-refractivity contribution is 9.10. The third kappa shape index (κ3) is 2.57. The molecule has 0 aliphatic heterocycles. The van der Waals surface area contributed by atoms with Gasteiger partial charge in [0.1, 0.15) is 4.60 Å². The molecule has 0 aromatic carbocycles. The number of aryl methyl sites for hydroxylation is 1. The molecule has 5 heteroatoms. The average Bonchev–Trinajstić information content (AvgIpc) is 2.29. The second-order valence-corrected chi connectivity index (χ2v) is 4.93. The number of amides is 1. The summed E-state index contributed by atoms with van der Waals surface area (Å²) in [6.45, 7) is 5.82. The molecule has 0 saturated heterocycles. The van der Waals surface area contributed by atoms with Crippen molar-refractivity contribution in [3.05, 3.63) is 16.4 Å². The van der Waals surface area contributed by atoms with Gasteiger partial charge in [-0.1, -0.05) is 0 Å². The van der Waals surface area contributed by atoms with Gasteiger partial charge < -0.3 is 5.32 Å². The summed E-state index contributed by atoms with van der Waals surface area (Å²) in [5.74, 6) is -0.113. The van der Waals surface area contributed by atoms with Crippen LogP contribution >= 0.6 is 15.9 Å². The van der Waals surface area contributed by atoms with Gasteiger partial charge in [0.2, 0.25) is 0 Å². The molecule has 1 aromatic rings. The number of rotatable bonds is 1. The molecular formula is C9H14BrN3O. The van der Waals surface area contributed by atoms with E-state index >= 15 is 0 Å². The number of nitrogens with zero attached hydrogens (tertiary/aromatic N) is 2. The molecule has 0 fully saturated rings. The summed E-state index contributed by atoms with van der Waals surface area (Å²) in [6, 6.07) is 0. The van der Waals surface area contributed by atoms with Crippen LogP contribution in [0, 0.1) is 0 Å². The minimum Gasteiger partial charge on any atom is -0.347 e. The molecule has 0 unspecified atom stereocenters. The van der Waals surface area contributed by atoms with E-state index in [0.717, 1.165) is 0 Å². The van der Waals surface area contributed by atoms with Gasteiger partial charge in [-0.05, 0) is 36.7 Å². The minimum absolute atomic E-state index is 0.113. The molecule has 1 amide bonds. The van der Waals surface area contributed by atoms with Gasteiger partial charge in [-0.3, -0.25) is 9.48 Å². The highest BCUT2D eigenvalue weighted by Crippen LogP contribution is 2.15. The Morgan fingerprint density at radius 2 is 2.14 bits per heavy atom. The van der Waals surface area contributed by atoms with Crippen molar-refractivity contribution in [1.29, 1.82) is 0 Å². The zero-order chi connectivity index (χ0) is 10.9. The van der Waals surface area contributed by atoms with E-state index in [2.05, 4.69) is 26.3 Å². The van der Waals surface area contributed by atoms with Gasteiger partial charge in [0, 0.05) is 12.6 Å². The molecule has 0 saturated carbocycles. The van der Waals surface area contributed by atoms with Crippen molar-refractivity contribution in [3.8, 4) is 0 Å². The molecule has 0 aliphatic carbocycles. The SMILES string of the molecule is Cn1ncc(C(=O)NC(C)(C)C)c1Br. The van der Waals surface area contributed by atoms with E-state index in [-0.39, 0.29) is 11.4 Å². The second kappa shape index (κ2) is 3.73. The normalized spacial score (nSPS) is 11.5. The van der Waals surface area contributed by atoms with Crippen LogP contribution < -0.4 is 5.32 Å².